The van der Waals surface area contributed by atoms with Crippen LogP contribution < -0.4 is 4.90 Å². The number of aryl methyl sites for hydroxylation is 1. The Morgan fingerprint density at radius 3 is 2.67 bits per heavy atom. The van der Waals surface area contributed by atoms with Crippen LogP contribution in [-0.4, -0.2) is 28.0 Å². The monoisotopic (exact) mass is 245 g/mol. The number of aromatic nitrogens is 2. The van der Waals surface area contributed by atoms with E-state index in [4.69, 9.17) is 5.11 Å². The molecule has 1 aromatic carbocycles. The number of aliphatic hydroxyl groups excluding tert-OH is 1. The average Bonchev–Trinajstić information content (AvgIpc) is 2.87. The summed E-state index contributed by atoms with van der Waals surface area (Å²) in [7, 11) is 0. The molecule has 0 aliphatic carbocycles. The molecule has 1 heterocycles. The Morgan fingerprint density at radius 1 is 1.28 bits per heavy atom. The van der Waals surface area contributed by atoms with E-state index in [0.29, 0.717) is 6.54 Å². The number of benzene rings is 1. The van der Waals surface area contributed by atoms with E-state index in [0.717, 1.165) is 24.3 Å². The van der Waals surface area contributed by atoms with Gasteiger partial charge < -0.3 is 10.0 Å². The zero-order valence-corrected chi connectivity index (χ0v) is 10.7. The van der Waals surface area contributed by atoms with Gasteiger partial charge in [-0.05, 0) is 19.1 Å². The maximum Gasteiger partial charge on any atom is 0.0606 e. The van der Waals surface area contributed by atoms with E-state index < -0.39 is 0 Å². The molecule has 0 aliphatic heterocycles. The van der Waals surface area contributed by atoms with Gasteiger partial charge in [-0.3, -0.25) is 4.68 Å². The molecule has 0 aliphatic rings. The summed E-state index contributed by atoms with van der Waals surface area (Å²) in [4.78, 5) is 2.15. The van der Waals surface area contributed by atoms with Crippen molar-refractivity contribution in [1.82, 2.24) is 9.78 Å². The van der Waals surface area contributed by atoms with Crippen LogP contribution in [0.2, 0.25) is 0 Å². The van der Waals surface area contributed by atoms with Crippen molar-refractivity contribution in [3.8, 4) is 0 Å². The van der Waals surface area contributed by atoms with Gasteiger partial charge in [-0.15, -0.1) is 0 Å². The fourth-order valence-corrected chi connectivity index (χ4v) is 1.94. The van der Waals surface area contributed by atoms with Crippen molar-refractivity contribution >= 4 is 5.69 Å². The summed E-state index contributed by atoms with van der Waals surface area (Å²) in [6.45, 7) is 4.49. The quantitative estimate of drug-likeness (QED) is 0.845. The lowest BCUT2D eigenvalue weighted by Crippen LogP contribution is -2.25. The molecule has 4 nitrogen and oxygen atoms in total. The van der Waals surface area contributed by atoms with Crippen LogP contribution in [0.4, 0.5) is 5.69 Å². The Hall–Kier alpha value is -1.81. The van der Waals surface area contributed by atoms with Crippen LogP contribution >= 0.6 is 0 Å². The molecule has 0 fully saturated rings. The zero-order chi connectivity index (χ0) is 12.8. The molecule has 0 atom stereocenters. The number of nitrogens with zero attached hydrogens (tertiary/aromatic N) is 3. The summed E-state index contributed by atoms with van der Waals surface area (Å²) in [5.41, 5.74) is 2.28. The van der Waals surface area contributed by atoms with Crippen molar-refractivity contribution in [3.05, 3.63) is 48.3 Å². The summed E-state index contributed by atoms with van der Waals surface area (Å²) in [5.74, 6) is 0. The molecule has 96 valence electrons. The number of anilines is 1. The van der Waals surface area contributed by atoms with E-state index in [1.165, 1.54) is 0 Å². The number of hydrogen-bond acceptors (Lipinski definition) is 3. The molecular formula is C14H19N3O. The molecule has 0 saturated heterocycles. The Bertz CT molecular complexity index is 467. The molecule has 0 unspecified atom stereocenters. The first-order valence-corrected chi connectivity index (χ1v) is 6.25. The third-order valence-electron chi connectivity index (χ3n) is 2.88. The van der Waals surface area contributed by atoms with Gasteiger partial charge in [0.05, 0.1) is 12.8 Å². The van der Waals surface area contributed by atoms with E-state index in [2.05, 4.69) is 29.1 Å². The van der Waals surface area contributed by atoms with E-state index in [1.807, 2.05) is 35.3 Å². The molecule has 0 bridgehead atoms. The highest BCUT2D eigenvalue weighted by Gasteiger charge is 2.07. The second-order valence-corrected chi connectivity index (χ2v) is 4.18. The highest BCUT2D eigenvalue weighted by molar-refractivity contribution is 5.46. The van der Waals surface area contributed by atoms with Crippen LogP contribution in [0, 0.1) is 0 Å². The summed E-state index contributed by atoms with van der Waals surface area (Å²) in [6, 6.07) is 10.1. The number of para-hydroxylation sites is 1. The Labute approximate surface area is 107 Å². The molecular weight excluding hydrogens is 226 g/mol. The molecule has 0 amide bonds. The standard InChI is InChI=1S/C14H19N3O/c1-2-17-12-13(10-15-17)11-16(8-9-18)14-6-4-3-5-7-14/h3-7,10,12,18H,2,8-9,11H2,1H3. The fraction of sp³-hybridized carbons (Fsp3) is 0.357. The molecule has 0 spiro atoms. The van der Waals surface area contributed by atoms with Crippen LogP contribution in [-0.2, 0) is 13.1 Å². The van der Waals surface area contributed by atoms with Crippen molar-refractivity contribution in [1.29, 1.82) is 0 Å². The summed E-state index contributed by atoms with van der Waals surface area (Å²) in [6.07, 6.45) is 3.93. The highest BCUT2D eigenvalue weighted by Crippen LogP contribution is 2.16. The van der Waals surface area contributed by atoms with Crippen LogP contribution in [0.3, 0.4) is 0 Å². The van der Waals surface area contributed by atoms with E-state index in [-0.39, 0.29) is 6.61 Å². The molecule has 2 aromatic rings. The van der Waals surface area contributed by atoms with Crippen molar-refractivity contribution < 1.29 is 5.11 Å². The summed E-state index contributed by atoms with van der Waals surface area (Å²) in [5, 5.41) is 13.4. The van der Waals surface area contributed by atoms with Gasteiger partial charge in [-0.25, -0.2) is 0 Å². The third kappa shape index (κ3) is 3.11. The minimum absolute atomic E-state index is 0.150. The topological polar surface area (TPSA) is 41.3 Å². The van der Waals surface area contributed by atoms with Gasteiger partial charge in [0.1, 0.15) is 0 Å². The first-order chi connectivity index (χ1) is 8.83. The molecule has 0 radical (unpaired) electrons. The predicted molar refractivity (Wildman–Crippen MR) is 72.5 cm³/mol. The predicted octanol–water partition coefficient (Wildman–Crippen LogP) is 1.90. The summed E-state index contributed by atoms with van der Waals surface area (Å²) >= 11 is 0. The Kier molecular flexibility index (Phi) is 4.36. The first kappa shape index (κ1) is 12.6. The van der Waals surface area contributed by atoms with Crippen LogP contribution in [0.25, 0.3) is 0 Å². The normalized spacial score (nSPS) is 10.6. The van der Waals surface area contributed by atoms with Crippen molar-refractivity contribution in [2.24, 2.45) is 0 Å². The van der Waals surface area contributed by atoms with Gasteiger partial charge >= 0.3 is 0 Å². The molecule has 1 aromatic heterocycles. The second-order valence-electron chi connectivity index (χ2n) is 4.18. The van der Waals surface area contributed by atoms with Crippen LogP contribution in [0.5, 0.6) is 0 Å². The largest absolute Gasteiger partial charge is 0.395 e. The molecule has 1 N–H and O–H groups in total. The molecule has 0 saturated carbocycles. The lowest BCUT2D eigenvalue weighted by Gasteiger charge is -2.23. The number of hydrogen-bond donors (Lipinski definition) is 1. The maximum atomic E-state index is 9.16. The van der Waals surface area contributed by atoms with Gasteiger partial charge in [0.25, 0.3) is 0 Å². The van der Waals surface area contributed by atoms with E-state index in [1.54, 1.807) is 0 Å². The number of aliphatic hydroxyl groups is 1. The lowest BCUT2D eigenvalue weighted by molar-refractivity contribution is 0.301. The maximum absolute atomic E-state index is 9.16. The van der Waals surface area contributed by atoms with Crippen molar-refractivity contribution in [3.63, 3.8) is 0 Å². The number of rotatable bonds is 6. The van der Waals surface area contributed by atoms with Crippen molar-refractivity contribution in [2.75, 3.05) is 18.1 Å². The molecule has 4 heteroatoms. The highest BCUT2D eigenvalue weighted by atomic mass is 16.3. The van der Waals surface area contributed by atoms with E-state index >= 15 is 0 Å². The first-order valence-electron chi connectivity index (χ1n) is 6.25. The summed E-state index contributed by atoms with van der Waals surface area (Å²) < 4.78 is 1.91. The molecule has 18 heavy (non-hydrogen) atoms. The Balaban J connectivity index is 2.11. The van der Waals surface area contributed by atoms with Crippen molar-refractivity contribution in [2.45, 2.75) is 20.0 Å². The smallest absolute Gasteiger partial charge is 0.0606 e. The van der Waals surface area contributed by atoms with Crippen LogP contribution in [0.15, 0.2) is 42.7 Å². The average molecular weight is 245 g/mol. The van der Waals surface area contributed by atoms with E-state index in [9.17, 15) is 0 Å². The molecule has 2 rings (SSSR count). The second kappa shape index (κ2) is 6.21. The minimum Gasteiger partial charge on any atom is -0.395 e. The van der Waals surface area contributed by atoms with Gasteiger partial charge in [0.15, 0.2) is 0 Å². The lowest BCUT2D eigenvalue weighted by atomic mass is 10.2. The Morgan fingerprint density at radius 2 is 2.06 bits per heavy atom. The third-order valence-corrected chi connectivity index (χ3v) is 2.88. The van der Waals surface area contributed by atoms with Gasteiger partial charge in [-0.2, -0.15) is 5.10 Å². The fourth-order valence-electron chi connectivity index (χ4n) is 1.94. The SMILES string of the molecule is CCn1cc(CN(CCO)c2ccccc2)cn1. The zero-order valence-electron chi connectivity index (χ0n) is 10.7. The van der Waals surface area contributed by atoms with Gasteiger partial charge in [-0.1, -0.05) is 18.2 Å². The van der Waals surface area contributed by atoms with Gasteiger partial charge in [0.2, 0.25) is 0 Å². The van der Waals surface area contributed by atoms with Crippen LogP contribution in [0.1, 0.15) is 12.5 Å². The minimum atomic E-state index is 0.150. The van der Waals surface area contributed by atoms with Gasteiger partial charge in [0, 0.05) is 37.1 Å².